The van der Waals surface area contributed by atoms with Crippen LogP contribution in [0.15, 0.2) is 48.8 Å². The van der Waals surface area contributed by atoms with E-state index < -0.39 is 0 Å². The highest BCUT2D eigenvalue weighted by molar-refractivity contribution is 5.69. The Morgan fingerprint density at radius 3 is 2.38 bits per heavy atom. The molecule has 2 heterocycles. The van der Waals surface area contributed by atoms with Crippen LogP contribution in [0.1, 0.15) is 29.8 Å². The lowest BCUT2D eigenvalue weighted by Crippen LogP contribution is -1.99. The number of unbranched alkanes of at least 4 members (excludes halogenated alkanes) is 1. The van der Waals surface area contributed by atoms with E-state index in [4.69, 9.17) is 4.74 Å². The van der Waals surface area contributed by atoms with E-state index in [2.05, 4.69) is 37.8 Å². The summed E-state index contributed by atoms with van der Waals surface area (Å²) in [6, 6.07) is 12.0. The van der Waals surface area contributed by atoms with Gasteiger partial charge in [0.2, 0.25) is 0 Å². The molecule has 24 heavy (non-hydrogen) atoms. The highest BCUT2D eigenvalue weighted by atomic mass is 16.5. The molecule has 0 aliphatic carbocycles. The Morgan fingerprint density at radius 2 is 1.67 bits per heavy atom. The number of aryl methyl sites for hydroxylation is 1. The van der Waals surface area contributed by atoms with Gasteiger partial charge in [0.1, 0.15) is 5.75 Å². The molecule has 0 unspecified atom stereocenters. The fourth-order valence-corrected chi connectivity index (χ4v) is 2.21. The van der Waals surface area contributed by atoms with Gasteiger partial charge in [-0.1, -0.05) is 29.5 Å². The van der Waals surface area contributed by atoms with Gasteiger partial charge >= 0.3 is 0 Å². The van der Waals surface area contributed by atoms with Crippen molar-refractivity contribution in [1.29, 1.82) is 0 Å². The second-order valence-electron chi connectivity index (χ2n) is 5.32. The van der Waals surface area contributed by atoms with Crippen molar-refractivity contribution < 1.29 is 4.74 Å². The summed E-state index contributed by atoms with van der Waals surface area (Å²) in [6.45, 7) is 0.685. The number of benzene rings is 1. The molecule has 1 N–H and O–H groups in total. The van der Waals surface area contributed by atoms with Gasteiger partial charge in [0.05, 0.1) is 6.61 Å². The largest absolute Gasteiger partial charge is 0.494 e. The molecule has 3 aromatic rings. The SMILES string of the molecule is C(=Cc1ccc(OCCCCc2nn[nH]n2)cc1)c1ccncc1. The summed E-state index contributed by atoms with van der Waals surface area (Å²) in [6.07, 6.45) is 10.5. The topological polar surface area (TPSA) is 76.6 Å². The average molecular weight is 321 g/mol. The summed E-state index contributed by atoms with van der Waals surface area (Å²) in [5, 5.41) is 13.8. The molecule has 3 rings (SSSR count). The maximum atomic E-state index is 5.75. The lowest BCUT2D eigenvalue weighted by atomic mass is 10.1. The first-order valence-corrected chi connectivity index (χ1v) is 7.93. The number of hydrogen-bond donors (Lipinski definition) is 1. The van der Waals surface area contributed by atoms with Gasteiger partial charge in [-0.05, 0) is 48.2 Å². The number of pyridine rings is 1. The second kappa shape index (κ2) is 8.57. The van der Waals surface area contributed by atoms with Gasteiger partial charge in [-0.15, -0.1) is 10.2 Å². The monoisotopic (exact) mass is 321 g/mol. The first kappa shape index (κ1) is 15.9. The van der Waals surface area contributed by atoms with Crippen molar-refractivity contribution in [2.24, 2.45) is 0 Å². The average Bonchev–Trinajstić information content (AvgIpc) is 3.15. The number of nitrogens with zero attached hydrogens (tertiary/aromatic N) is 4. The van der Waals surface area contributed by atoms with Gasteiger partial charge in [0.15, 0.2) is 5.82 Å². The van der Waals surface area contributed by atoms with Crippen LogP contribution in [0.5, 0.6) is 5.75 Å². The van der Waals surface area contributed by atoms with Crippen LogP contribution in [0.4, 0.5) is 0 Å². The summed E-state index contributed by atoms with van der Waals surface area (Å²) < 4.78 is 5.75. The minimum Gasteiger partial charge on any atom is -0.494 e. The maximum Gasteiger partial charge on any atom is 0.174 e. The smallest absolute Gasteiger partial charge is 0.174 e. The number of nitrogens with one attached hydrogen (secondary N) is 1. The minimum absolute atomic E-state index is 0.685. The minimum atomic E-state index is 0.685. The number of hydrogen-bond acceptors (Lipinski definition) is 5. The third-order valence-corrected chi connectivity index (χ3v) is 3.51. The van der Waals surface area contributed by atoms with E-state index in [1.165, 1.54) is 0 Å². The fraction of sp³-hybridized carbons (Fsp3) is 0.222. The van der Waals surface area contributed by atoms with E-state index in [-0.39, 0.29) is 0 Å². The maximum absolute atomic E-state index is 5.75. The zero-order chi connectivity index (χ0) is 16.5. The van der Waals surface area contributed by atoms with E-state index in [1.807, 2.05) is 36.4 Å². The molecule has 1 aromatic carbocycles. The van der Waals surface area contributed by atoms with Crippen LogP contribution in [-0.4, -0.2) is 32.2 Å². The van der Waals surface area contributed by atoms with Crippen LogP contribution in [-0.2, 0) is 6.42 Å². The van der Waals surface area contributed by atoms with E-state index >= 15 is 0 Å². The van der Waals surface area contributed by atoms with Gasteiger partial charge in [0, 0.05) is 18.8 Å². The Hall–Kier alpha value is -3.02. The van der Waals surface area contributed by atoms with Crippen LogP contribution >= 0.6 is 0 Å². The van der Waals surface area contributed by atoms with Gasteiger partial charge < -0.3 is 4.74 Å². The van der Waals surface area contributed by atoms with Crippen molar-refractivity contribution in [3.8, 4) is 5.75 Å². The number of rotatable bonds is 8. The van der Waals surface area contributed by atoms with Crippen LogP contribution in [0.25, 0.3) is 12.2 Å². The van der Waals surface area contributed by atoms with E-state index in [0.717, 1.165) is 42.0 Å². The summed E-state index contributed by atoms with van der Waals surface area (Å²) in [4.78, 5) is 4.01. The Balaban J connectivity index is 1.40. The van der Waals surface area contributed by atoms with Gasteiger partial charge in [0.25, 0.3) is 0 Å². The summed E-state index contributed by atoms with van der Waals surface area (Å²) in [5.74, 6) is 1.64. The normalized spacial score (nSPS) is 11.0. The van der Waals surface area contributed by atoms with Crippen molar-refractivity contribution in [1.82, 2.24) is 25.6 Å². The van der Waals surface area contributed by atoms with Crippen molar-refractivity contribution in [2.75, 3.05) is 6.61 Å². The lowest BCUT2D eigenvalue weighted by Gasteiger charge is -2.05. The van der Waals surface area contributed by atoms with Crippen LogP contribution < -0.4 is 4.74 Å². The predicted molar refractivity (Wildman–Crippen MR) is 92.2 cm³/mol. The second-order valence-corrected chi connectivity index (χ2v) is 5.32. The van der Waals surface area contributed by atoms with Crippen LogP contribution in [0, 0.1) is 0 Å². The van der Waals surface area contributed by atoms with E-state index in [1.54, 1.807) is 12.4 Å². The molecule has 0 amide bonds. The van der Waals surface area contributed by atoms with Crippen molar-refractivity contribution in [3.05, 3.63) is 65.7 Å². The number of aromatic nitrogens is 5. The van der Waals surface area contributed by atoms with Gasteiger partial charge in [-0.3, -0.25) is 4.98 Å². The molecule has 0 radical (unpaired) electrons. The number of ether oxygens (including phenoxy) is 1. The Labute approximate surface area is 140 Å². The Kier molecular flexibility index (Phi) is 5.66. The van der Waals surface area contributed by atoms with Crippen molar-refractivity contribution >= 4 is 12.2 Å². The van der Waals surface area contributed by atoms with Crippen LogP contribution in [0.3, 0.4) is 0 Å². The molecule has 2 aromatic heterocycles. The number of tetrazole rings is 1. The number of aromatic amines is 1. The quantitative estimate of drug-likeness (QED) is 0.645. The molecule has 0 saturated heterocycles. The molecule has 0 atom stereocenters. The number of H-pyrrole nitrogens is 1. The molecule has 6 heteroatoms. The molecule has 122 valence electrons. The van der Waals surface area contributed by atoms with E-state index in [0.29, 0.717) is 6.61 Å². The molecule has 6 nitrogen and oxygen atoms in total. The summed E-state index contributed by atoms with van der Waals surface area (Å²) in [7, 11) is 0. The Morgan fingerprint density at radius 1 is 0.917 bits per heavy atom. The third kappa shape index (κ3) is 5.01. The first-order valence-electron chi connectivity index (χ1n) is 7.93. The lowest BCUT2D eigenvalue weighted by molar-refractivity contribution is 0.306. The zero-order valence-corrected chi connectivity index (χ0v) is 13.3. The molecule has 0 aliphatic rings. The molecule has 0 aliphatic heterocycles. The van der Waals surface area contributed by atoms with Gasteiger partial charge in [-0.25, -0.2) is 0 Å². The summed E-state index contributed by atoms with van der Waals surface area (Å²) in [5.41, 5.74) is 2.27. The van der Waals surface area contributed by atoms with Crippen molar-refractivity contribution in [2.45, 2.75) is 19.3 Å². The molecule has 0 bridgehead atoms. The summed E-state index contributed by atoms with van der Waals surface area (Å²) >= 11 is 0. The van der Waals surface area contributed by atoms with E-state index in [9.17, 15) is 0 Å². The Bertz CT molecular complexity index is 739. The fourth-order valence-electron chi connectivity index (χ4n) is 2.21. The standard InChI is InChI=1S/C18H19N5O/c1(3-18-20-22-23-21-18)2-14-24-17-8-6-15(7-9-17)4-5-16-10-12-19-13-11-16/h4-13H,1-3,14H2,(H,20,21,22,23). The molecule has 0 spiro atoms. The van der Waals surface area contributed by atoms with Crippen molar-refractivity contribution in [3.63, 3.8) is 0 Å². The van der Waals surface area contributed by atoms with Gasteiger partial charge in [-0.2, -0.15) is 5.21 Å². The molecular formula is C18H19N5O. The molecular weight excluding hydrogens is 302 g/mol. The zero-order valence-electron chi connectivity index (χ0n) is 13.3. The third-order valence-electron chi connectivity index (χ3n) is 3.51. The molecule has 0 fully saturated rings. The highest BCUT2D eigenvalue weighted by Crippen LogP contribution is 2.15. The highest BCUT2D eigenvalue weighted by Gasteiger charge is 1.98. The predicted octanol–water partition coefficient (Wildman–Crippen LogP) is 3.17. The first-order chi connectivity index (χ1) is 11.9. The van der Waals surface area contributed by atoms with Crippen LogP contribution in [0.2, 0.25) is 0 Å². The molecule has 0 saturated carbocycles.